The second kappa shape index (κ2) is 10.7. The van der Waals surface area contributed by atoms with Gasteiger partial charge in [-0.2, -0.15) is 0 Å². The molecular weight excluding hydrogens is 504 g/mol. The Morgan fingerprint density at radius 1 is 1.17 bits per heavy atom. The van der Waals surface area contributed by atoms with E-state index < -0.39 is 23.4 Å². The minimum Gasteiger partial charge on any atom is -0.333 e. The number of nitrogens with zero attached hydrogens (tertiary/aromatic N) is 3. The van der Waals surface area contributed by atoms with Crippen LogP contribution >= 0.6 is 23.5 Å². The topological polar surface area (TPSA) is 87.2 Å². The van der Waals surface area contributed by atoms with Gasteiger partial charge >= 0.3 is 6.03 Å². The van der Waals surface area contributed by atoms with Crippen molar-refractivity contribution in [2.24, 2.45) is 0 Å². The molecule has 0 saturated heterocycles. The Labute approximate surface area is 215 Å². The summed E-state index contributed by atoms with van der Waals surface area (Å²) in [4.78, 5) is 35.4. The highest BCUT2D eigenvalue weighted by atomic mass is 32.2. The number of nitrogens with one attached hydrogen (secondary N) is 2. The van der Waals surface area contributed by atoms with Crippen molar-refractivity contribution in [1.82, 2.24) is 15.3 Å². The summed E-state index contributed by atoms with van der Waals surface area (Å²) in [5.41, 5.74) is 3.16. The summed E-state index contributed by atoms with van der Waals surface area (Å²) in [6, 6.07) is 8.13. The smallest absolute Gasteiger partial charge is 0.328 e. The van der Waals surface area contributed by atoms with Gasteiger partial charge in [0, 0.05) is 22.4 Å². The summed E-state index contributed by atoms with van der Waals surface area (Å²) < 4.78 is 29.4. The molecule has 0 unspecified atom stereocenters. The molecule has 36 heavy (non-hydrogen) atoms. The molecule has 186 valence electrons. The van der Waals surface area contributed by atoms with Crippen LogP contribution in [-0.2, 0) is 11.3 Å². The molecule has 0 atom stereocenters. The third-order valence-electron chi connectivity index (χ3n) is 5.54. The number of benzene rings is 2. The van der Waals surface area contributed by atoms with Crippen molar-refractivity contribution in [3.63, 3.8) is 0 Å². The zero-order chi connectivity index (χ0) is 26.0. The first-order valence-corrected chi connectivity index (χ1v) is 13.3. The minimum absolute atomic E-state index is 0.0658. The molecule has 1 aromatic heterocycles. The quantitative estimate of drug-likeness (QED) is 0.232. The van der Waals surface area contributed by atoms with Gasteiger partial charge in [0.15, 0.2) is 11.0 Å². The Hall–Kier alpha value is -3.44. The minimum atomic E-state index is -0.890. The fourth-order valence-corrected chi connectivity index (χ4v) is 4.60. The van der Waals surface area contributed by atoms with Crippen molar-refractivity contribution < 1.29 is 18.4 Å². The molecule has 3 aromatic rings. The maximum absolute atomic E-state index is 14.7. The molecule has 2 aromatic carbocycles. The van der Waals surface area contributed by atoms with E-state index in [1.54, 1.807) is 30.7 Å². The molecule has 11 heteroatoms. The Bertz CT molecular complexity index is 1380. The van der Waals surface area contributed by atoms with Crippen LogP contribution < -0.4 is 15.5 Å². The highest BCUT2D eigenvalue weighted by Crippen LogP contribution is 2.39. The molecule has 0 spiro atoms. The van der Waals surface area contributed by atoms with Gasteiger partial charge in [0.2, 0.25) is 0 Å². The van der Waals surface area contributed by atoms with Crippen LogP contribution in [0.15, 0.2) is 52.5 Å². The number of thioether (sulfide) groups is 2. The molecule has 7 nitrogen and oxygen atoms in total. The summed E-state index contributed by atoms with van der Waals surface area (Å²) in [5, 5.41) is 7.64. The van der Waals surface area contributed by atoms with Crippen LogP contribution in [0, 0.1) is 18.6 Å². The number of amides is 3. The van der Waals surface area contributed by atoms with E-state index in [-0.39, 0.29) is 18.3 Å². The van der Waals surface area contributed by atoms with Gasteiger partial charge in [0.05, 0.1) is 12.2 Å². The van der Waals surface area contributed by atoms with E-state index in [1.807, 2.05) is 19.2 Å². The first-order chi connectivity index (χ1) is 17.2. The lowest BCUT2D eigenvalue weighted by molar-refractivity contribution is -0.112. The number of rotatable bonds is 6. The van der Waals surface area contributed by atoms with Gasteiger partial charge in [0.1, 0.15) is 17.3 Å². The molecule has 2 heterocycles. The van der Waals surface area contributed by atoms with E-state index in [0.29, 0.717) is 33.2 Å². The van der Waals surface area contributed by atoms with Crippen LogP contribution in [0.4, 0.5) is 30.8 Å². The lowest BCUT2D eigenvalue weighted by atomic mass is 9.99. The Balaban J connectivity index is 1.88. The predicted molar refractivity (Wildman–Crippen MR) is 141 cm³/mol. The number of anilines is 3. The highest BCUT2D eigenvalue weighted by molar-refractivity contribution is 8.01. The summed E-state index contributed by atoms with van der Waals surface area (Å²) >= 11 is 2.68. The molecule has 0 radical (unpaired) electrons. The van der Waals surface area contributed by atoms with Crippen LogP contribution in [-0.4, -0.2) is 34.4 Å². The third-order valence-corrected chi connectivity index (χ3v) is 6.68. The number of aryl methyl sites for hydroxylation is 1. The summed E-state index contributed by atoms with van der Waals surface area (Å²) in [6.07, 6.45) is 3.64. The molecule has 0 aliphatic carbocycles. The van der Waals surface area contributed by atoms with Crippen molar-refractivity contribution >= 4 is 52.7 Å². The van der Waals surface area contributed by atoms with Gasteiger partial charge < -0.3 is 10.6 Å². The molecule has 0 bridgehead atoms. The monoisotopic (exact) mass is 527 g/mol. The van der Waals surface area contributed by atoms with Crippen molar-refractivity contribution in [3.8, 4) is 11.3 Å². The molecule has 0 fully saturated rings. The largest absolute Gasteiger partial charge is 0.333 e. The number of hydrogen-bond donors (Lipinski definition) is 2. The van der Waals surface area contributed by atoms with E-state index in [4.69, 9.17) is 0 Å². The SMILES string of the molecule is CS/C=C(\C)C(=O)Nc1ccc(C)c(-c2nc(SC)nc3c2CNC(=O)N3c2c(F)cccc2F)c1. The lowest BCUT2D eigenvalue weighted by Crippen LogP contribution is -2.43. The first-order valence-electron chi connectivity index (χ1n) is 10.8. The average Bonchev–Trinajstić information content (AvgIpc) is 2.85. The second-order valence-electron chi connectivity index (χ2n) is 7.95. The number of carbonyl (C=O) groups excluding carboxylic acids is 2. The maximum atomic E-state index is 14.7. The maximum Gasteiger partial charge on any atom is 0.328 e. The van der Waals surface area contributed by atoms with Gasteiger partial charge in [-0.25, -0.2) is 28.4 Å². The zero-order valence-electron chi connectivity index (χ0n) is 20.0. The van der Waals surface area contributed by atoms with Gasteiger partial charge in [-0.15, -0.1) is 11.8 Å². The van der Waals surface area contributed by atoms with Gasteiger partial charge in [-0.3, -0.25) is 4.79 Å². The fraction of sp³-hybridized carbons (Fsp3) is 0.200. The lowest BCUT2D eigenvalue weighted by Gasteiger charge is -2.30. The Morgan fingerprint density at radius 2 is 1.89 bits per heavy atom. The zero-order valence-corrected chi connectivity index (χ0v) is 21.6. The molecular formula is C25H23F2N5O2S2. The van der Waals surface area contributed by atoms with E-state index in [0.717, 1.165) is 22.6 Å². The average molecular weight is 528 g/mol. The molecule has 2 N–H and O–H groups in total. The van der Waals surface area contributed by atoms with Crippen molar-refractivity contribution in [2.75, 3.05) is 22.7 Å². The predicted octanol–water partition coefficient (Wildman–Crippen LogP) is 6.02. The van der Waals surface area contributed by atoms with Gasteiger partial charge in [-0.1, -0.05) is 23.9 Å². The number of hydrogen-bond acceptors (Lipinski definition) is 6. The normalized spacial score (nSPS) is 13.3. The Kier molecular flexibility index (Phi) is 7.60. The summed E-state index contributed by atoms with van der Waals surface area (Å²) in [5.74, 6) is -1.91. The van der Waals surface area contributed by atoms with Crippen LogP contribution in [0.2, 0.25) is 0 Å². The number of aromatic nitrogens is 2. The van der Waals surface area contributed by atoms with E-state index in [9.17, 15) is 18.4 Å². The van der Waals surface area contributed by atoms with Crippen molar-refractivity contribution in [2.45, 2.75) is 25.5 Å². The van der Waals surface area contributed by atoms with Crippen LogP contribution in [0.3, 0.4) is 0 Å². The standard InChI is InChI=1S/C25H23F2N5O2S2/c1-13-8-9-15(29-23(33)14(2)12-35-3)10-16(13)20-17-11-28-25(34)32(22(17)31-24(30-20)36-4)21-18(26)6-5-7-19(21)27/h5-10,12H,11H2,1-4H3,(H,28,34)(H,29,33)/b14-12+. The number of fused-ring (bicyclic) bond motifs is 1. The van der Waals surface area contributed by atoms with Crippen LogP contribution in [0.25, 0.3) is 11.3 Å². The number of urea groups is 1. The fourth-order valence-electron chi connectivity index (χ4n) is 3.78. The van der Waals surface area contributed by atoms with Gasteiger partial charge in [-0.05, 0) is 61.6 Å². The molecule has 4 rings (SSSR count). The number of carbonyl (C=O) groups is 2. The highest BCUT2D eigenvalue weighted by Gasteiger charge is 2.34. The second-order valence-corrected chi connectivity index (χ2v) is 9.43. The van der Waals surface area contributed by atoms with Crippen molar-refractivity contribution in [1.29, 1.82) is 0 Å². The summed E-state index contributed by atoms with van der Waals surface area (Å²) in [7, 11) is 0. The van der Waals surface area contributed by atoms with E-state index >= 15 is 0 Å². The van der Waals surface area contributed by atoms with E-state index in [1.165, 1.54) is 29.6 Å². The van der Waals surface area contributed by atoms with Crippen LogP contribution in [0.1, 0.15) is 18.1 Å². The molecule has 1 aliphatic heterocycles. The molecule has 0 saturated carbocycles. The van der Waals surface area contributed by atoms with E-state index in [2.05, 4.69) is 20.6 Å². The van der Waals surface area contributed by atoms with Gasteiger partial charge in [0.25, 0.3) is 5.91 Å². The van der Waals surface area contributed by atoms with Crippen LogP contribution in [0.5, 0.6) is 0 Å². The summed E-state index contributed by atoms with van der Waals surface area (Å²) in [6.45, 7) is 3.69. The molecule has 1 aliphatic rings. The Morgan fingerprint density at radius 3 is 2.56 bits per heavy atom. The van der Waals surface area contributed by atoms with Crippen molar-refractivity contribution in [3.05, 3.63) is 70.1 Å². The number of para-hydroxylation sites is 1. The third kappa shape index (κ3) is 4.93. The first kappa shape index (κ1) is 25.6. The molecule has 3 amide bonds. The number of halogens is 2.